The molecule has 5 heteroatoms. The van der Waals surface area contributed by atoms with Gasteiger partial charge in [0.05, 0.1) is 15.3 Å². The van der Waals surface area contributed by atoms with Crippen LogP contribution in [0.1, 0.15) is 33.7 Å². The van der Waals surface area contributed by atoms with Gasteiger partial charge < -0.3 is 0 Å². The van der Waals surface area contributed by atoms with E-state index in [9.17, 15) is 9.59 Å². The third-order valence-electron chi connectivity index (χ3n) is 3.90. The Balaban J connectivity index is 2.28. The standard InChI is InChI=1S/C22H18Cl2O2S/c1-5-16-11-19(23)20(24)12-18(16)21(26)13(2)15(4)27-22(14(3)25)17-9-7-6-8-10-17/h5-12,22H,1-2,4H2,3H3. The van der Waals surface area contributed by atoms with Gasteiger partial charge in [0.2, 0.25) is 0 Å². The Morgan fingerprint density at radius 1 is 1.07 bits per heavy atom. The fourth-order valence-electron chi connectivity index (χ4n) is 2.44. The number of benzene rings is 2. The molecular weight excluding hydrogens is 399 g/mol. The summed E-state index contributed by atoms with van der Waals surface area (Å²) in [6, 6.07) is 12.4. The highest BCUT2D eigenvalue weighted by Crippen LogP contribution is 2.38. The number of ketones is 2. The van der Waals surface area contributed by atoms with E-state index in [2.05, 4.69) is 19.7 Å². The Morgan fingerprint density at radius 3 is 2.22 bits per heavy atom. The van der Waals surface area contributed by atoms with E-state index in [1.54, 1.807) is 6.07 Å². The number of carbonyl (C=O) groups is 2. The van der Waals surface area contributed by atoms with E-state index in [1.165, 1.54) is 30.8 Å². The second-order valence-electron chi connectivity index (χ2n) is 5.81. The molecule has 2 rings (SSSR count). The number of rotatable bonds is 8. The molecule has 2 nitrogen and oxygen atoms in total. The van der Waals surface area contributed by atoms with Crippen molar-refractivity contribution in [1.82, 2.24) is 0 Å². The van der Waals surface area contributed by atoms with Crippen molar-refractivity contribution in [3.05, 3.63) is 99.4 Å². The van der Waals surface area contributed by atoms with Gasteiger partial charge >= 0.3 is 0 Å². The van der Waals surface area contributed by atoms with Gasteiger partial charge in [-0.25, -0.2) is 0 Å². The van der Waals surface area contributed by atoms with E-state index < -0.39 is 5.25 Å². The Hall–Kier alpha value is -2.07. The largest absolute Gasteiger partial charge is 0.298 e. The van der Waals surface area contributed by atoms with Crippen LogP contribution in [0, 0.1) is 0 Å². The van der Waals surface area contributed by atoms with Crippen LogP contribution < -0.4 is 0 Å². The fourth-order valence-corrected chi connectivity index (χ4v) is 3.76. The zero-order valence-corrected chi connectivity index (χ0v) is 17.1. The van der Waals surface area contributed by atoms with Crippen LogP contribution >= 0.6 is 35.0 Å². The van der Waals surface area contributed by atoms with E-state index in [0.717, 1.165) is 5.56 Å². The van der Waals surface area contributed by atoms with Crippen LogP contribution in [0.15, 0.2) is 72.7 Å². The van der Waals surface area contributed by atoms with Crippen LogP contribution in [0.25, 0.3) is 6.08 Å². The molecular formula is C22H18Cl2O2S. The Bertz CT molecular complexity index is 933. The summed E-state index contributed by atoms with van der Waals surface area (Å²) in [5.41, 5.74) is 1.94. The molecule has 2 aromatic rings. The van der Waals surface area contributed by atoms with Crippen molar-refractivity contribution in [3.63, 3.8) is 0 Å². The van der Waals surface area contributed by atoms with E-state index in [4.69, 9.17) is 23.2 Å². The van der Waals surface area contributed by atoms with Crippen LogP contribution in [0.4, 0.5) is 0 Å². The van der Waals surface area contributed by atoms with Gasteiger partial charge in [0.15, 0.2) is 5.78 Å². The normalized spacial score (nSPS) is 11.5. The van der Waals surface area contributed by atoms with Crippen molar-refractivity contribution in [1.29, 1.82) is 0 Å². The first-order chi connectivity index (χ1) is 12.8. The monoisotopic (exact) mass is 416 g/mol. The number of Topliss-reactive ketones (excluding diaryl/α,β-unsaturated/α-hetero) is 2. The molecule has 1 atom stereocenters. The summed E-state index contributed by atoms with van der Waals surface area (Å²) in [6.07, 6.45) is 1.53. The van der Waals surface area contributed by atoms with Gasteiger partial charge in [-0.2, -0.15) is 0 Å². The minimum absolute atomic E-state index is 0.0334. The van der Waals surface area contributed by atoms with Crippen LogP contribution in [-0.2, 0) is 4.79 Å². The SMILES string of the molecule is C=Cc1cc(Cl)c(Cl)cc1C(=O)C(=C)C(=C)SC(C(C)=O)c1ccccc1. The minimum atomic E-state index is -0.462. The van der Waals surface area contributed by atoms with Crippen molar-refractivity contribution < 1.29 is 9.59 Å². The van der Waals surface area contributed by atoms with Gasteiger partial charge in [-0.3, -0.25) is 9.59 Å². The van der Waals surface area contributed by atoms with Gasteiger partial charge in [0.1, 0.15) is 5.78 Å². The highest BCUT2D eigenvalue weighted by Gasteiger charge is 2.23. The van der Waals surface area contributed by atoms with E-state index in [-0.39, 0.29) is 22.2 Å². The number of allylic oxidation sites excluding steroid dienone is 1. The molecule has 0 aliphatic rings. The maximum atomic E-state index is 12.9. The molecule has 0 N–H and O–H groups in total. The second kappa shape index (κ2) is 9.23. The molecule has 2 aromatic carbocycles. The van der Waals surface area contributed by atoms with Gasteiger partial charge in [-0.1, -0.05) is 79.3 Å². The first kappa shape index (κ1) is 21.2. The molecule has 0 heterocycles. The molecule has 1 unspecified atom stereocenters. The number of thioether (sulfide) groups is 1. The molecule has 0 radical (unpaired) electrons. The minimum Gasteiger partial charge on any atom is -0.298 e. The average Bonchev–Trinajstić information content (AvgIpc) is 2.66. The molecule has 0 spiro atoms. The van der Waals surface area contributed by atoms with E-state index in [1.807, 2.05) is 30.3 Å². The average molecular weight is 417 g/mol. The molecule has 0 saturated carbocycles. The third kappa shape index (κ3) is 5.01. The van der Waals surface area contributed by atoms with Crippen LogP contribution in [0.3, 0.4) is 0 Å². The zero-order chi connectivity index (χ0) is 20.1. The third-order valence-corrected chi connectivity index (χ3v) is 5.99. The predicted molar refractivity (Wildman–Crippen MR) is 117 cm³/mol. The molecule has 27 heavy (non-hydrogen) atoms. The van der Waals surface area contributed by atoms with Gasteiger partial charge in [-0.05, 0) is 30.2 Å². The maximum Gasteiger partial charge on any atom is 0.194 e. The smallest absolute Gasteiger partial charge is 0.194 e. The molecule has 0 fully saturated rings. The van der Waals surface area contributed by atoms with E-state index in [0.29, 0.717) is 21.1 Å². The van der Waals surface area contributed by atoms with Gasteiger partial charge in [0.25, 0.3) is 0 Å². The number of hydrogen-bond donors (Lipinski definition) is 0. The summed E-state index contributed by atoms with van der Waals surface area (Å²) >= 11 is 13.3. The lowest BCUT2D eigenvalue weighted by atomic mass is 9.99. The van der Waals surface area contributed by atoms with Crippen molar-refractivity contribution in [2.24, 2.45) is 0 Å². The molecule has 0 aliphatic carbocycles. The number of halogens is 2. The number of hydrogen-bond acceptors (Lipinski definition) is 3. The van der Waals surface area contributed by atoms with Gasteiger partial charge in [-0.15, -0.1) is 11.8 Å². The topological polar surface area (TPSA) is 34.1 Å². The molecule has 0 bridgehead atoms. The highest BCUT2D eigenvalue weighted by atomic mass is 35.5. The Morgan fingerprint density at radius 2 is 1.67 bits per heavy atom. The summed E-state index contributed by atoms with van der Waals surface area (Å²) < 4.78 is 0. The summed E-state index contributed by atoms with van der Waals surface area (Å²) in [4.78, 5) is 25.4. The molecule has 0 amide bonds. The highest BCUT2D eigenvalue weighted by molar-refractivity contribution is 8.04. The van der Waals surface area contributed by atoms with Crippen LogP contribution in [0.5, 0.6) is 0 Å². The molecule has 0 aliphatic heterocycles. The second-order valence-corrected chi connectivity index (χ2v) is 7.82. The quantitative estimate of drug-likeness (QED) is 0.265. The fraction of sp³-hybridized carbons (Fsp3) is 0.0909. The Labute approximate surface area is 173 Å². The first-order valence-corrected chi connectivity index (χ1v) is 9.66. The maximum absolute atomic E-state index is 12.9. The predicted octanol–water partition coefficient (Wildman–Crippen LogP) is 6.95. The lowest BCUT2D eigenvalue weighted by Gasteiger charge is -2.17. The molecule has 0 saturated heterocycles. The van der Waals surface area contributed by atoms with Crippen molar-refractivity contribution in [2.45, 2.75) is 12.2 Å². The van der Waals surface area contributed by atoms with Crippen LogP contribution in [0.2, 0.25) is 10.0 Å². The van der Waals surface area contributed by atoms with Crippen molar-refractivity contribution in [2.75, 3.05) is 0 Å². The zero-order valence-electron chi connectivity index (χ0n) is 14.8. The Kier molecular flexibility index (Phi) is 7.25. The molecule has 138 valence electrons. The summed E-state index contributed by atoms with van der Waals surface area (Å²) in [5.74, 6) is -0.370. The van der Waals surface area contributed by atoms with Crippen LogP contribution in [-0.4, -0.2) is 11.6 Å². The summed E-state index contributed by atoms with van der Waals surface area (Å²) in [5, 5.41) is 0.140. The summed E-state index contributed by atoms with van der Waals surface area (Å²) in [6.45, 7) is 13.0. The first-order valence-electron chi connectivity index (χ1n) is 8.02. The lowest BCUT2D eigenvalue weighted by Crippen LogP contribution is -2.09. The summed E-state index contributed by atoms with van der Waals surface area (Å²) in [7, 11) is 0. The van der Waals surface area contributed by atoms with Crippen molar-refractivity contribution in [3.8, 4) is 0 Å². The molecule has 0 aromatic heterocycles. The van der Waals surface area contributed by atoms with Gasteiger partial charge in [0, 0.05) is 16.0 Å². The number of carbonyl (C=O) groups excluding carboxylic acids is 2. The van der Waals surface area contributed by atoms with E-state index >= 15 is 0 Å². The lowest BCUT2D eigenvalue weighted by molar-refractivity contribution is -0.116. The van der Waals surface area contributed by atoms with Crippen molar-refractivity contribution >= 4 is 52.6 Å².